The summed E-state index contributed by atoms with van der Waals surface area (Å²) < 4.78 is 0. The van der Waals surface area contributed by atoms with E-state index in [0.29, 0.717) is 74.9 Å². The molecular weight excluding hydrogens is 624 g/mol. The number of hydrogen-bond acceptors (Lipinski definition) is 12. The fraction of sp³-hybridized carbons (Fsp3) is 0.250. The van der Waals surface area contributed by atoms with Crippen molar-refractivity contribution < 1.29 is 39.6 Å². The van der Waals surface area contributed by atoms with Crippen LogP contribution in [0.1, 0.15) is 54.3 Å². The van der Waals surface area contributed by atoms with Crippen molar-refractivity contribution in [3.05, 3.63) is 96.1 Å². The summed E-state index contributed by atoms with van der Waals surface area (Å²) in [5.41, 5.74) is 2.41. The lowest BCUT2D eigenvalue weighted by molar-refractivity contribution is 0.0685. The van der Waals surface area contributed by atoms with Crippen LogP contribution in [-0.2, 0) is 0 Å². The molecule has 4 aromatic rings. The Bertz CT molecular complexity index is 1630. The molecular formula is C32H34N8O8. The number of carboxylic acid groups (broad SMARTS) is 4. The van der Waals surface area contributed by atoms with Crippen molar-refractivity contribution in [1.29, 1.82) is 0 Å². The van der Waals surface area contributed by atoms with Crippen LogP contribution in [0.4, 0.5) is 22.7 Å². The maximum atomic E-state index is 11.7. The summed E-state index contributed by atoms with van der Waals surface area (Å²) >= 11 is 0. The fourth-order valence-electron chi connectivity index (χ4n) is 4.73. The van der Waals surface area contributed by atoms with Crippen molar-refractivity contribution >= 4 is 46.6 Å². The van der Waals surface area contributed by atoms with Crippen molar-refractivity contribution in [2.75, 3.05) is 59.7 Å². The van der Waals surface area contributed by atoms with Gasteiger partial charge in [0.2, 0.25) is 0 Å². The molecule has 0 bridgehead atoms. The lowest BCUT2D eigenvalue weighted by atomic mass is 10.2. The molecule has 16 heteroatoms. The van der Waals surface area contributed by atoms with Crippen LogP contribution in [-0.4, -0.2) is 104 Å². The van der Waals surface area contributed by atoms with Crippen molar-refractivity contribution in [3.8, 4) is 0 Å². The second-order valence-corrected chi connectivity index (χ2v) is 10.5. The predicted molar refractivity (Wildman–Crippen MR) is 175 cm³/mol. The SMILES string of the molecule is O=C(O)c1cncc(NCCCN(CCN(CCCNc2cncc(C(=O)O)c2)c2cncc(C(=O)O)c2)c2cncc(C(=O)O)c2)c1. The minimum Gasteiger partial charge on any atom is -0.478 e. The number of aromatic nitrogens is 4. The number of carboxylic acids is 4. The number of anilines is 4. The van der Waals surface area contributed by atoms with Crippen LogP contribution >= 0.6 is 0 Å². The molecule has 4 aromatic heterocycles. The summed E-state index contributed by atoms with van der Waals surface area (Å²) in [6, 6.07) is 6.03. The second kappa shape index (κ2) is 16.8. The van der Waals surface area contributed by atoms with Crippen molar-refractivity contribution in [2.24, 2.45) is 0 Å². The van der Waals surface area contributed by atoms with Crippen molar-refractivity contribution in [2.45, 2.75) is 12.8 Å². The van der Waals surface area contributed by atoms with Crippen LogP contribution in [0.25, 0.3) is 0 Å². The second-order valence-electron chi connectivity index (χ2n) is 10.5. The van der Waals surface area contributed by atoms with Crippen molar-refractivity contribution in [3.63, 3.8) is 0 Å². The molecule has 48 heavy (non-hydrogen) atoms. The fourth-order valence-corrected chi connectivity index (χ4v) is 4.73. The maximum Gasteiger partial charge on any atom is 0.337 e. The van der Waals surface area contributed by atoms with E-state index >= 15 is 0 Å². The smallest absolute Gasteiger partial charge is 0.337 e. The Labute approximate surface area is 274 Å². The van der Waals surface area contributed by atoms with E-state index < -0.39 is 23.9 Å². The highest BCUT2D eigenvalue weighted by atomic mass is 16.4. The number of hydrogen-bond donors (Lipinski definition) is 6. The van der Waals surface area contributed by atoms with E-state index in [1.807, 2.05) is 9.80 Å². The lowest BCUT2D eigenvalue weighted by Crippen LogP contribution is -2.37. The highest BCUT2D eigenvalue weighted by Gasteiger charge is 2.16. The molecule has 0 aromatic carbocycles. The Morgan fingerprint density at radius 3 is 1.17 bits per heavy atom. The topological polar surface area (TPSA) is 231 Å². The molecule has 0 fully saturated rings. The first kappa shape index (κ1) is 34.6. The molecule has 0 saturated heterocycles. The summed E-state index contributed by atoms with van der Waals surface area (Å²) in [7, 11) is 0. The average molecular weight is 659 g/mol. The van der Waals surface area contributed by atoms with E-state index in [-0.39, 0.29) is 22.3 Å². The summed E-state index contributed by atoms with van der Waals surface area (Å²) in [4.78, 5) is 66.0. The van der Waals surface area contributed by atoms with E-state index in [1.165, 1.54) is 61.4 Å². The van der Waals surface area contributed by atoms with E-state index in [4.69, 9.17) is 0 Å². The largest absolute Gasteiger partial charge is 0.478 e. The van der Waals surface area contributed by atoms with E-state index in [2.05, 4.69) is 30.6 Å². The van der Waals surface area contributed by atoms with Gasteiger partial charge in [-0.05, 0) is 37.1 Å². The third-order valence-corrected chi connectivity index (χ3v) is 7.15. The summed E-state index contributed by atoms with van der Waals surface area (Å²) in [5.74, 6) is -4.41. The Balaban J connectivity index is 1.47. The minimum atomic E-state index is -1.12. The standard InChI is InChI=1S/C32H34N8O8/c41-29(42)21-9-25(17-33-13-21)37-3-1-5-39(27-11-23(31(45)46)15-35-19-27)7-8-40(28-12-24(32(47)48)16-36-20-28)6-2-4-38-26-10-22(30(43)44)14-34-18-26/h9-20,37-38H,1-8H2,(H,41,42)(H,43,44)(H,45,46)(H,47,48). The van der Waals surface area contributed by atoms with Crippen LogP contribution in [0.15, 0.2) is 73.8 Å². The van der Waals surface area contributed by atoms with Gasteiger partial charge in [-0.25, -0.2) is 19.2 Å². The Morgan fingerprint density at radius 2 is 0.812 bits per heavy atom. The Kier molecular flexibility index (Phi) is 12.1. The first-order valence-corrected chi connectivity index (χ1v) is 14.8. The Morgan fingerprint density at radius 1 is 0.479 bits per heavy atom. The molecule has 250 valence electrons. The van der Waals surface area contributed by atoms with E-state index in [0.717, 1.165) is 0 Å². The number of pyridine rings is 4. The summed E-state index contributed by atoms with van der Waals surface area (Å²) in [6.45, 7) is 2.67. The quantitative estimate of drug-likeness (QED) is 0.0793. The van der Waals surface area contributed by atoms with Gasteiger partial charge in [0.05, 0.1) is 57.4 Å². The zero-order valence-electron chi connectivity index (χ0n) is 25.7. The van der Waals surface area contributed by atoms with Gasteiger partial charge in [0, 0.05) is 76.4 Å². The summed E-state index contributed by atoms with van der Waals surface area (Å²) in [5, 5.41) is 43.9. The van der Waals surface area contributed by atoms with Gasteiger partial charge in [-0.2, -0.15) is 0 Å². The van der Waals surface area contributed by atoms with Crippen LogP contribution in [0, 0.1) is 0 Å². The minimum absolute atomic E-state index is 0.0231. The molecule has 0 spiro atoms. The Hall–Kier alpha value is -6.32. The molecule has 0 atom stereocenters. The van der Waals surface area contributed by atoms with Gasteiger partial charge >= 0.3 is 23.9 Å². The lowest BCUT2D eigenvalue weighted by Gasteiger charge is -2.31. The van der Waals surface area contributed by atoms with Gasteiger partial charge in [-0.15, -0.1) is 0 Å². The number of rotatable bonds is 19. The molecule has 0 amide bonds. The molecule has 0 aliphatic rings. The van der Waals surface area contributed by atoms with Crippen LogP contribution in [0.5, 0.6) is 0 Å². The van der Waals surface area contributed by atoms with Crippen LogP contribution in [0.3, 0.4) is 0 Å². The average Bonchev–Trinajstić information content (AvgIpc) is 3.09. The third kappa shape index (κ3) is 10.1. The molecule has 0 aliphatic carbocycles. The molecule has 16 nitrogen and oxygen atoms in total. The normalized spacial score (nSPS) is 10.6. The summed E-state index contributed by atoms with van der Waals surface area (Å²) in [6.07, 6.45) is 12.4. The zero-order valence-corrected chi connectivity index (χ0v) is 25.7. The monoisotopic (exact) mass is 658 g/mol. The van der Waals surface area contributed by atoms with Crippen LogP contribution < -0.4 is 20.4 Å². The van der Waals surface area contributed by atoms with Crippen LogP contribution in [0.2, 0.25) is 0 Å². The highest BCUT2D eigenvalue weighted by molar-refractivity contribution is 5.89. The highest BCUT2D eigenvalue weighted by Crippen LogP contribution is 2.19. The molecule has 0 radical (unpaired) electrons. The molecule has 0 unspecified atom stereocenters. The molecule has 0 saturated carbocycles. The first-order valence-electron chi connectivity index (χ1n) is 14.8. The molecule has 0 aliphatic heterocycles. The zero-order chi connectivity index (χ0) is 34.5. The van der Waals surface area contributed by atoms with Gasteiger partial charge in [-0.1, -0.05) is 0 Å². The molecule has 4 rings (SSSR count). The number of carbonyl (C=O) groups is 4. The maximum absolute atomic E-state index is 11.7. The van der Waals surface area contributed by atoms with Gasteiger partial charge in [0.1, 0.15) is 0 Å². The van der Waals surface area contributed by atoms with Gasteiger partial charge in [-0.3, -0.25) is 19.9 Å². The molecule has 4 heterocycles. The number of nitrogens with one attached hydrogen (secondary N) is 2. The third-order valence-electron chi connectivity index (χ3n) is 7.15. The first-order chi connectivity index (χ1) is 23.1. The molecule has 6 N–H and O–H groups in total. The van der Waals surface area contributed by atoms with E-state index in [9.17, 15) is 39.6 Å². The number of nitrogens with zero attached hydrogens (tertiary/aromatic N) is 6. The van der Waals surface area contributed by atoms with Gasteiger partial charge in [0.25, 0.3) is 0 Å². The van der Waals surface area contributed by atoms with E-state index in [1.54, 1.807) is 12.4 Å². The van der Waals surface area contributed by atoms with Gasteiger partial charge in [0.15, 0.2) is 0 Å². The van der Waals surface area contributed by atoms with Crippen molar-refractivity contribution in [1.82, 2.24) is 19.9 Å². The van der Waals surface area contributed by atoms with Gasteiger partial charge < -0.3 is 40.9 Å². The predicted octanol–water partition coefficient (Wildman–Crippen LogP) is 3.38. The number of aromatic carboxylic acids is 4.